The summed E-state index contributed by atoms with van der Waals surface area (Å²) < 4.78 is 17.7. The molecule has 2 aromatic rings. The van der Waals surface area contributed by atoms with E-state index < -0.39 is 11.9 Å². The van der Waals surface area contributed by atoms with Crippen molar-refractivity contribution in [1.29, 1.82) is 0 Å². The first-order valence-corrected chi connectivity index (χ1v) is 9.85. The Bertz CT molecular complexity index is 822. The van der Waals surface area contributed by atoms with Crippen molar-refractivity contribution < 1.29 is 19.3 Å². The first-order valence-electron chi connectivity index (χ1n) is 9.47. The van der Waals surface area contributed by atoms with Gasteiger partial charge in [0.15, 0.2) is 0 Å². The van der Waals surface area contributed by atoms with Crippen LogP contribution in [0.2, 0.25) is 5.02 Å². The van der Waals surface area contributed by atoms with Gasteiger partial charge in [-0.05, 0) is 68.5 Å². The van der Waals surface area contributed by atoms with Gasteiger partial charge in [0.25, 0.3) is 0 Å². The third-order valence-corrected chi connectivity index (χ3v) is 5.82. The van der Waals surface area contributed by atoms with Crippen molar-refractivity contribution in [2.24, 2.45) is 0 Å². The summed E-state index contributed by atoms with van der Waals surface area (Å²) in [5.41, 5.74) is 2.60. The van der Waals surface area contributed by atoms with Gasteiger partial charge in [-0.3, -0.25) is 0 Å². The fourth-order valence-electron chi connectivity index (χ4n) is 3.96. The lowest BCUT2D eigenvalue weighted by molar-refractivity contribution is -0.270. The summed E-state index contributed by atoms with van der Waals surface area (Å²) in [4.78, 5) is 0. The number of ether oxygens (including phenoxy) is 3. The number of aliphatic hydroxyl groups excluding tert-OH is 1. The summed E-state index contributed by atoms with van der Waals surface area (Å²) in [5, 5.41) is 11.3. The van der Waals surface area contributed by atoms with Gasteiger partial charge in [0.2, 0.25) is 5.79 Å². The molecule has 0 aliphatic carbocycles. The van der Waals surface area contributed by atoms with E-state index >= 15 is 0 Å². The van der Waals surface area contributed by atoms with Crippen LogP contribution in [0, 0.1) is 0 Å². The Kier molecular flexibility index (Phi) is 4.93. The van der Waals surface area contributed by atoms with Crippen molar-refractivity contribution in [2.75, 3.05) is 13.2 Å². The van der Waals surface area contributed by atoms with Crippen LogP contribution in [0.1, 0.15) is 43.4 Å². The highest BCUT2D eigenvalue weighted by atomic mass is 35.5. The molecule has 0 saturated carbocycles. The predicted molar refractivity (Wildman–Crippen MR) is 104 cm³/mol. The molecular formula is C22H25ClO4. The summed E-state index contributed by atoms with van der Waals surface area (Å²) >= 11 is 6.46. The average Bonchev–Trinajstić information content (AvgIpc) is 2.97. The van der Waals surface area contributed by atoms with E-state index in [0.717, 1.165) is 28.9 Å². The van der Waals surface area contributed by atoms with E-state index in [-0.39, 0.29) is 5.60 Å². The van der Waals surface area contributed by atoms with Crippen molar-refractivity contribution in [3.63, 3.8) is 0 Å². The molecule has 0 aromatic heterocycles. The van der Waals surface area contributed by atoms with Crippen molar-refractivity contribution in [3.8, 4) is 5.75 Å². The Morgan fingerprint density at radius 3 is 2.74 bits per heavy atom. The quantitative estimate of drug-likeness (QED) is 0.822. The predicted octanol–water partition coefficient (Wildman–Crippen LogP) is 4.44. The molecule has 2 aliphatic rings. The first-order chi connectivity index (χ1) is 12.9. The molecule has 3 atom stereocenters. The third-order valence-electron chi connectivity index (χ3n) is 5.45. The van der Waals surface area contributed by atoms with Crippen molar-refractivity contribution in [3.05, 3.63) is 64.2 Å². The van der Waals surface area contributed by atoms with Crippen LogP contribution in [0.25, 0.3) is 0 Å². The number of rotatable bonds is 5. The van der Waals surface area contributed by atoms with E-state index in [0.29, 0.717) is 31.1 Å². The van der Waals surface area contributed by atoms with E-state index in [9.17, 15) is 5.11 Å². The topological polar surface area (TPSA) is 47.9 Å². The first kappa shape index (κ1) is 18.8. The van der Waals surface area contributed by atoms with Crippen LogP contribution in [-0.2, 0) is 21.7 Å². The lowest BCUT2D eigenvalue weighted by Crippen LogP contribution is -2.47. The Morgan fingerprint density at radius 2 is 2.00 bits per heavy atom. The SMILES string of the molecule is CCOc1ccc(Cc2cc([C@@]34OC[C@@](C)(CC[C@H]3O)O4)ccc2Cl)cc1. The van der Waals surface area contributed by atoms with Gasteiger partial charge in [0.05, 0.1) is 18.8 Å². The molecular weight excluding hydrogens is 364 g/mol. The van der Waals surface area contributed by atoms with Crippen LogP contribution in [0.3, 0.4) is 0 Å². The second kappa shape index (κ2) is 7.10. The van der Waals surface area contributed by atoms with E-state index in [4.69, 9.17) is 25.8 Å². The summed E-state index contributed by atoms with van der Waals surface area (Å²) in [5.74, 6) is -0.233. The minimum absolute atomic E-state index is 0.339. The van der Waals surface area contributed by atoms with Crippen LogP contribution in [0.5, 0.6) is 5.75 Å². The molecule has 2 aromatic carbocycles. The van der Waals surface area contributed by atoms with Crippen LogP contribution in [0.4, 0.5) is 0 Å². The maximum atomic E-state index is 10.6. The van der Waals surface area contributed by atoms with Gasteiger partial charge >= 0.3 is 0 Å². The van der Waals surface area contributed by atoms with Gasteiger partial charge in [-0.15, -0.1) is 0 Å². The van der Waals surface area contributed by atoms with E-state index in [1.807, 2.05) is 56.3 Å². The van der Waals surface area contributed by atoms with Gasteiger partial charge in [-0.25, -0.2) is 0 Å². The largest absolute Gasteiger partial charge is 0.494 e. The van der Waals surface area contributed by atoms with E-state index in [1.165, 1.54) is 0 Å². The fourth-order valence-corrected chi connectivity index (χ4v) is 4.14. The number of hydrogen-bond acceptors (Lipinski definition) is 4. The maximum Gasteiger partial charge on any atom is 0.222 e. The molecule has 0 spiro atoms. The molecule has 2 fully saturated rings. The number of fused-ring (bicyclic) bond motifs is 2. The molecule has 4 rings (SSSR count). The normalized spacial score (nSPS) is 29.7. The maximum absolute atomic E-state index is 10.6. The summed E-state index contributed by atoms with van der Waals surface area (Å²) in [6.45, 7) is 5.14. The van der Waals surface area contributed by atoms with Gasteiger partial charge in [0.1, 0.15) is 11.9 Å². The summed E-state index contributed by atoms with van der Waals surface area (Å²) in [6.07, 6.45) is 1.45. The monoisotopic (exact) mass is 388 g/mol. The molecule has 2 aliphatic heterocycles. The van der Waals surface area contributed by atoms with Crippen LogP contribution >= 0.6 is 11.6 Å². The highest BCUT2D eigenvalue weighted by molar-refractivity contribution is 6.31. The minimum Gasteiger partial charge on any atom is -0.494 e. The molecule has 2 bridgehead atoms. The second-order valence-electron chi connectivity index (χ2n) is 7.62. The van der Waals surface area contributed by atoms with Crippen LogP contribution in [-0.4, -0.2) is 30.0 Å². The summed E-state index contributed by atoms with van der Waals surface area (Å²) in [7, 11) is 0. The highest BCUT2D eigenvalue weighted by Crippen LogP contribution is 2.49. The zero-order chi connectivity index (χ0) is 19.1. The molecule has 4 nitrogen and oxygen atoms in total. The zero-order valence-corrected chi connectivity index (χ0v) is 16.5. The number of benzene rings is 2. The smallest absolute Gasteiger partial charge is 0.222 e. The van der Waals surface area contributed by atoms with Gasteiger partial charge in [-0.1, -0.05) is 29.8 Å². The molecule has 2 heterocycles. The van der Waals surface area contributed by atoms with Crippen LogP contribution in [0.15, 0.2) is 42.5 Å². The van der Waals surface area contributed by atoms with E-state index in [2.05, 4.69) is 0 Å². The third kappa shape index (κ3) is 3.47. The Hall–Kier alpha value is -1.59. The molecule has 0 radical (unpaired) electrons. The van der Waals surface area contributed by atoms with Crippen molar-refractivity contribution in [2.45, 2.75) is 50.6 Å². The molecule has 0 amide bonds. The Balaban J connectivity index is 1.62. The standard InChI is InChI=1S/C22H25ClO4/c1-3-25-18-7-4-15(5-8-18)12-16-13-17(6-9-19(16)23)22-20(24)10-11-21(2,27-22)14-26-22/h4-9,13,20,24H,3,10-12,14H2,1-2H3/t20-,21-,22+/m1/s1. The molecule has 2 saturated heterocycles. The Morgan fingerprint density at radius 1 is 1.22 bits per heavy atom. The zero-order valence-electron chi connectivity index (χ0n) is 15.7. The molecule has 27 heavy (non-hydrogen) atoms. The van der Waals surface area contributed by atoms with Gasteiger partial charge in [0, 0.05) is 10.6 Å². The van der Waals surface area contributed by atoms with Crippen molar-refractivity contribution >= 4 is 11.6 Å². The van der Waals surface area contributed by atoms with Crippen molar-refractivity contribution in [1.82, 2.24) is 0 Å². The van der Waals surface area contributed by atoms with Crippen LogP contribution < -0.4 is 4.74 Å². The van der Waals surface area contributed by atoms with E-state index in [1.54, 1.807) is 0 Å². The fraction of sp³-hybridized carbons (Fsp3) is 0.455. The Labute approximate surface area is 165 Å². The number of aliphatic hydroxyl groups is 1. The number of halogens is 1. The molecule has 1 N–H and O–H groups in total. The minimum atomic E-state index is -1.09. The molecule has 5 heteroatoms. The van der Waals surface area contributed by atoms with Gasteiger partial charge < -0.3 is 19.3 Å². The molecule has 144 valence electrons. The summed E-state index contributed by atoms with van der Waals surface area (Å²) in [6, 6.07) is 13.8. The second-order valence-corrected chi connectivity index (χ2v) is 8.03. The molecule has 0 unspecified atom stereocenters. The average molecular weight is 389 g/mol. The lowest BCUT2D eigenvalue weighted by Gasteiger charge is -2.40. The van der Waals surface area contributed by atoms with Gasteiger partial charge in [-0.2, -0.15) is 0 Å². The number of hydrogen-bond donors (Lipinski definition) is 1. The highest BCUT2D eigenvalue weighted by Gasteiger charge is 2.57. The lowest BCUT2D eigenvalue weighted by atomic mass is 9.88.